The summed E-state index contributed by atoms with van der Waals surface area (Å²) < 4.78 is 23.6. The van der Waals surface area contributed by atoms with Crippen molar-refractivity contribution < 1.29 is 24.3 Å². The van der Waals surface area contributed by atoms with E-state index >= 15 is 0 Å². The van der Waals surface area contributed by atoms with Crippen LogP contribution in [0.15, 0.2) is 33.6 Å². The summed E-state index contributed by atoms with van der Waals surface area (Å²) >= 11 is 4.40. The molecule has 6 heteroatoms. The first-order valence-corrected chi connectivity index (χ1v) is 13.9. The fourth-order valence-electron chi connectivity index (χ4n) is 0.631. The maximum absolute atomic E-state index is 11.3. The van der Waals surface area contributed by atoms with Crippen LogP contribution in [-0.2, 0) is 7.01 Å². The van der Waals surface area contributed by atoms with Crippen molar-refractivity contribution in [1.29, 1.82) is 0 Å². The molecule has 0 unspecified atom stereocenters. The maximum atomic E-state index is 11.3. The molecule has 2 nitrogen and oxygen atoms in total. The van der Waals surface area contributed by atoms with Gasteiger partial charge in [0.1, 0.15) is 0 Å². The van der Waals surface area contributed by atoms with Gasteiger partial charge in [0.2, 0.25) is 0 Å². The molecule has 68 valence electrons. The zero-order chi connectivity index (χ0) is 9.19. The molecular formula is C6H4BrI2O2S-. The summed E-state index contributed by atoms with van der Waals surface area (Å²) in [5.74, 6) is 0. The predicted molar refractivity (Wildman–Crippen MR) is 55.3 cm³/mol. The van der Waals surface area contributed by atoms with Crippen molar-refractivity contribution in [3.05, 3.63) is 28.7 Å². The van der Waals surface area contributed by atoms with Gasteiger partial charge in [-0.05, 0) is 0 Å². The summed E-state index contributed by atoms with van der Waals surface area (Å²) in [6.45, 7) is 0. The molecule has 0 aliphatic heterocycles. The first-order chi connectivity index (χ1) is 5.56. The Labute approximate surface area is 98.1 Å². The Morgan fingerprint density at radius 1 is 1.25 bits per heavy atom. The second-order valence-corrected chi connectivity index (χ2v) is 15.5. The van der Waals surface area contributed by atoms with Crippen LogP contribution in [-0.4, -0.2) is 8.42 Å². The van der Waals surface area contributed by atoms with Gasteiger partial charge in [0.15, 0.2) is 0 Å². The molecule has 0 atom stereocenters. The van der Waals surface area contributed by atoms with E-state index in [4.69, 9.17) is 0 Å². The zero-order valence-electron chi connectivity index (χ0n) is 5.67. The molecule has 0 heterocycles. The van der Waals surface area contributed by atoms with E-state index in [0.717, 1.165) is 4.47 Å². The van der Waals surface area contributed by atoms with Gasteiger partial charge < -0.3 is 0 Å². The van der Waals surface area contributed by atoms with Crippen LogP contribution in [0.25, 0.3) is 0 Å². The number of hydrogen-bond donors (Lipinski definition) is 0. The van der Waals surface area contributed by atoms with Gasteiger partial charge in [0.05, 0.1) is 0 Å². The Hall–Kier alpha value is 1.11. The molecular weight excluding hydrogens is 470 g/mol. The van der Waals surface area contributed by atoms with Crippen LogP contribution in [0.3, 0.4) is 0 Å². The number of rotatable bonds is 2. The molecule has 1 aromatic carbocycles. The Morgan fingerprint density at radius 3 is 2.17 bits per heavy atom. The zero-order valence-corrected chi connectivity index (χ0v) is 12.4. The molecule has 0 bridgehead atoms. The van der Waals surface area contributed by atoms with Crippen LogP contribution in [0.5, 0.6) is 0 Å². The third-order valence-electron chi connectivity index (χ3n) is 1.17. The van der Waals surface area contributed by atoms with E-state index in [1.807, 2.05) is 18.6 Å². The average Bonchev–Trinajstić information content (AvgIpc) is 2.05. The second kappa shape index (κ2) is 4.56. The summed E-state index contributed by atoms with van der Waals surface area (Å²) in [5.41, 5.74) is 0. The van der Waals surface area contributed by atoms with Gasteiger partial charge in [-0.15, -0.1) is 0 Å². The normalized spacial score (nSPS) is 11.8. The molecule has 0 aromatic heterocycles. The SMILES string of the molecule is O=S(=O)([I-]I)c1ccc(Br)cc1. The molecule has 0 aliphatic carbocycles. The van der Waals surface area contributed by atoms with Gasteiger partial charge in [-0.3, -0.25) is 0 Å². The van der Waals surface area contributed by atoms with Crippen molar-refractivity contribution in [2.24, 2.45) is 0 Å². The van der Waals surface area contributed by atoms with Gasteiger partial charge >= 0.3 is 99.5 Å². The molecule has 0 amide bonds. The predicted octanol–water partition coefficient (Wildman–Crippen LogP) is -0.423. The molecule has 0 fully saturated rings. The number of hydrogen-bond acceptors (Lipinski definition) is 2. The van der Waals surface area contributed by atoms with Crippen molar-refractivity contribution in [2.75, 3.05) is 0 Å². The molecule has 1 rings (SSSR count). The van der Waals surface area contributed by atoms with Crippen molar-refractivity contribution in [1.82, 2.24) is 0 Å². The minimum atomic E-state index is -2.94. The topological polar surface area (TPSA) is 34.1 Å². The van der Waals surface area contributed by atoms with Gasteiger partial charge in [-0.1, -0.05) is 0 Å². The minimum absolute atomic E-state index is 0.424. The molecule has 1 aromatic rings. The summed E-state index contributed by atoms with van der Waals surface area (Å²) in [4.78, 5) is 0.424. The fourth-order valence-corrected chi connectivity index (χ4v) is 6.75. The monoisotopic (exact) mass is 473 g/mol. The van der Waals surface area contributed by atoms with Crippen molar-refractivity contribution >= 4 is 41.6 Å². The van der Waals surface area contributed by atoms with Gasteiger partial charge in [0, 0.05) is 0 Å². The molecule has 0 radical (unpaired) electrons. The third-order valence-corrected chi connectivity index (χ3v) is 14.3. The molecule has 0 N–H and O–H groups in total. The Bertz CT molecular complexity index is 360. The van der Waals surface area contributed by atoms with E-state index in [9.17, 15) is 8.42 Å². The average molecular weight is 474 g/mol. The van der Waals surface area contributed by atoms with Crippen LogP contribution in [0.2, 0.25) is 0 Å². The van der Waals surface area contributed by atoms with Crippen molar-refractivity contribution in [2.45, 2.75) is 4.90 Å². The summed E-state index contributed by atoms with van der Waals surface area (Å²) in [7, 11) is -2.94. The molecule has 12 heavy (non-hydrogen) atoms. The molecule has 0 saturated carbocycles. The molecule has 0 spiro atoms. The Morgan fingerprint density at radius 2 is 1.75 bits per heavy atom. The summed E-state index contributed by atoms with van der Waals surface area (Å²) in [5, 5.41) is 0. The Balaban J connectivity index is 3.14. The van der Waals surface area contributed by atoms with E-state index in [2.05, 4.69) is 15.9 Å². The second-order valence-electron chi connectivity index (χ2n) is 1.95. The van der Waals surface area contributed by atoms with Crippen LogP contribution in [0, 0.1) is 0 Å². The quantitative estimate of drug-likeness (QED) is 0.432. The fraction of sp³-hybridized carbons (Fsp3) is 0. The van der Waals surface area contributed by atoms with Crippen LogP contribution in [0.1, 0.15) is 0 Å². The Kier molecular flexibility index (Phi) is 4.25. The first kappa shape index (κ1) is 11.2. The summed E-state index contributed by atoms with van der Waals surface area (Å²) in [6, 6.07) is 6.72. The number of benzene rings is 1. The van der Waals surface area contributed by atoms with Crippen molar-refractivity contribution in [3.63, 3.8) is 0 Å². The van der Waals surface area contributed by atoms with E-state index < -0.39 is 22.9 Å². The van der Waals surface area contributed by atoms with E-state index in [1.165, 1.54) is 0 Å². The van der Waals surface area contributed by atoms with Gasteiger partial charge in [-0.2, -0.15) is 0 Å². The molecule has 0 saturated heterocycles. The summed E-state index contributed by atoms with van der Waals surface area (Å²) in [6.07, 6.45) is 0. The van der Waals surface area contributed by atoms with E-state index in [1.54, 1.807) is 24.3 Å². The van der Waals surface area contributed by atoms with Gasteiger partial charge in [0.25, 0.3) is 0 Å². The van der Waals surface area contributed by atoms with E-state index in [-0.39, 0.29) is 0 Å². The van der Waals surface area contributed by atoms with Crippen LogP contribution in [0.4, 0.5) is 0 Å². The van der Waals surface area contributed by atoms with Gasteiger partial charge in [-0.25, -0.2) is 0 Å². The first-order valence-electron chi connectivity index (χ1n) is 2.84. The standard InChI is InChI=1S/C6H4BrI2O2S/c7-5-1-3-6(4-2-5)12(10,11)9-8/h1-4H/q-1. The van der Waals surface area contributed by atoms with Crippen LogP contribution < -0.4 is 15.8 Å². The van der Waals surface area contributed by atoms with E-state index in [0.29, 0.717) is 4.90 Å². The third kappa shape index (κ3) is 2.81. The van der Waals surface area contributed by atoms with Crippen molar-refractivity contribution in [3.8, 4) is 0 Å². The van der Waals surface area contributed by atoms with Crippen LogP contribution >= 0.6 is 34.5 Å². The molecule has 0 aliphatic rings. The number of halogens is 3.